The van der Waals surface area contributed by atoms with Gasteiger partial charge in [-0.05, 0) is 43.9 Å². The molecule has 1 unspecified atom stereocenters. The normalized spacial score (nSPS) is 18.0. The van der Waals surface area contributed by atoms with Gasteiger partial charge < -0.3 is 9.88 Å². The molecule has 2 aromatic rings. The summed E-state index contributed by atoms with van der Waals surface area (Å²) in [5.41, 5.74) is 1.02. The number of carbonyl (C=O) groups is 1. The Balaban J connectivity index is 1.46. The highest BCUT2D eigenvalue weighted by Crippen LogP contribution is 2.18. The van der Waals surface area contributed by atoms with Crippen molar-refractivity contribution in [3.63, 3.8) is 0 Å². The topological polar surface area (TPSA) is 46.9 Å². The van der Waals surface area contributed by atoms with Crippen LogP contribution in [0.3, 0.4) is 0 Å². The highest BCUT2D eigenvalue weighted by atomic mass is 16.1. The summed E-state index contributed by atoms with van der Waals surface area (Å²) in [7, 11) is 0. The number of aryl methyl sites for hydroxylation is 1. The fraction of sp³-hybridized carbons (Fsp3) is 0.412. The minimum Gasteiger partial charge on any atom is -0.356 e. The van der Waals surface area contributed by atoms with Crippen LogP contribution in [-0.2, 0) is 11.3 Å². The molecule has 21 heavy (non-hydrogen) atoms. The molecule has 0 saturated carbocycles. The van der Waals surface area contributed by atoms with E-state index in [9.17, 15) is 4.79 Å². The van der Waals surface area contributed by atoms with Gasteiger partial charge in [-0.3, -0.25) is 4.79 Å². The van der Waals surface area contributed by atoms with Crippen LogP contribution in [0.5, 0.6) is 0 Å². The van der Waals surface area contributed by atoms with Gasteiger partial charge in [-0.15, -0.1) is 0 Å². The Morgan fingerprint density at radius 1 is 1.38 bits per heavy atom. The molecule has 1 atom stereocenters. The van der Waals surface area contributed by atoms with E-state index in [0.29, 0.717) is 0 Å². The largest absolute Gasteiger partial charge is 0.356 e. The number of nitrogens with one attached hydrogen (secondary N) is 1. The monoisotopic (exact) mass is 283 g/mol. The molecule has 1 aliphatic rings. The summed E-state index contributed by atoms with van der Waals surface area (Å²) in [4.78, 5) is 16.4. The maximum Gasteiger partial charge on any atom is 0.223 e. The van der Waals surface area contributed by atoms with Crippen molar-refractivity contribution < 1.29 is 4.79 Å². The van der Waals surface area contributed by atoms with Gasteiger partial charge >= 0.3 is 0 Å². The van der Waals surface area contributed by atoms with Crippen LogP contribution in [0.15, 0.2) is 42.7 Å². The van der Waals surface area contributed by atoms with Gasteiger partial charge in [-0.25, -0.2) is 4.98 Å². The average molecular weight is 283 g/mol. The van der Waals surface area contributed by atoms with Crippen LogP contribution in [0.2, 0.25) is 0 Å². The average Bonchev–Trinajstić information content (AvgIpc) is 2.95. The van der Waals surface area contributed by atoms with Crippen LogP contribution in [0.4, 0.5) is 0 Å². The maximum absolute atomic E-state index is 12.0. The molecule has 0 aromatic carbocycles. The number of fused-ring (bicyclic) bond motifs is 1. The zero-order valence-electron chi connectivity index (χ0n) is 12.2. The van der Waals surface area contributed by atoms with Crippen LogP contribution < -0.4 is 5.32 Å². The van der Waals surface area contributed by atoms with E-state index in [0.717, 1.165) is 49.8 Å². The Bertz CT molecular complexity index is 644. The lowest BCUT2D eigenvalue weighted by Gasteiger charge is -2.17. The summed E-state index contributed by atoms with van der Waals surface area (Å²) in [6.45, 7) is 1.61. The number of allylic oxidation sites excluding steroid dienone is 2. The minimum absolute atomic E-state index is 0.170. The molecule has 1 aliphatic carbocycles. The van der Waals surface area contributed by atoms with Gasteiger partial charge in [0.25, 0.3) is 0 Å². The Kier molecular flexibility index (Phi) is 4.34. The van der Waals surface area contributed by atoms with Gasteiger partial charge in [-0.1, -0.05) is 12.2 Å². The number of pyridine rings is 1. The van der Waals surface area contributed by atoms with Crippen molar-refractivity contribution in [3.05, 3.63) is 42.7 Å². The van der Waals surface area contributed by atoms with Crippen molar-refractivity contribution in [1.82, 2.24) is 14.9 Å². The summed E-state index contributed by atoms with van der Waals surface area (Å²) >= 11 is 0. The Labute approximate surface area is 124 Å². The molecule has 0 bridgehead atoms. The molecule has 0 aliphatic heterocycles. The van der Waals surface area contributed by atoms with Gasteiger partial charge in [0.15, 0.2) is 0 Å². The molecule has 1 N–H and O–H groups in total. The van der Waals surface area contributed by atoms with E-state index in [1.54, 1.807) is 0 Å². The third kappa shape index (κ3) is 3.32. The van der Waals surface area contributed by atoms with Crippen molar-refractivity contribution in [2.45, 2.75) is 32.2 Å². The van der Waals surface area contributed by atoms with Gasteiger partial charge in [0.05, 0.1) is 0 Å². The van der Waals surface area contributed by atoms with Crippen molar-refractivity contribution in [1.29, 1.82) is 0 Å². The molecule has 2 heterocycles. The fourth-order valence-electron chi connectivity index (χ4n) is 2.84. The highest BCUT2D eigenvalue weighted by Gasteiger charge is 2.17. The lowest BCUT2D eigenvalue weighted by Crippen LogP contribution is -2.32. The van der Waals surface area contributed by atoms with Crippen molar-refractivity contribution in [2.75, 3.05) is 6.54 Å². The second-order valence-corrected chi connectivity index (χ2v) is 5.55. The predicted octanol–water partition coefficient (Wildman–Crippen LogP) is 2.90. The van der Waals surface area contributed by atoms with Crippen LogP contribution >= 0.6 is 0 Å². The quantitative estimate of drug-likeness (QED) is 0.677. The van der Waals surface area contributed by atoms with Crippen molar-refractivity contribution >= 4 is 16.9 Å². The maximum atomic E-state index is 12.0. The Hall–Kier alpha value is -2.10. The molecule has 3 rings (SSSR count). The van der Waals surface area contributed by atoms with Gasteiger partial charge in [0.2, 0.25) is 5.91 Å². The summed E-state index contributed by atoms with van der Waals surface area (Å²) in [6.07, 6.45) is 12.0. The zero-order valence-corrected chi connectivity index (χ0v) is 12.2. The number of rotatable bonds is 5. The third-order valence-corrected chi connectivity index (χ3v) is 4.04. The first-order chi connectivity index (χ1) is 10.3. The van der Waals surface area contributed by atoms with Gasteiger partial charge in [0, 0.05) is 36.8 Å². The molecule has 0 saturated heterocycles. The molecule has 1 amide bonds. The second-order valence-electron chi connectivity index (χ2n) is 5.55. The molecule has 4 heteroatoms. The van der Waals surface area contributed by atoms with Crippen LogP contribution in [-0.4, -0.2) is 22.0 Å². The molecular weight excluding hydrogens is 262 g/mol. The van der Waals surface area contributed by atoms with Crippen molar-refractivity contribution in [3.8, 4) is 0 Å². The van der Waals surface area contributed by atoms with Crippen LogP contribution in [0, 0.1) is 5.92 Å². The second kappa shape index (κ2) is 6.57. The van der Waals surface area contributed by atoms with E-state index in [1.165, 1.54) is 0 Å². The van der Waals surface area contributed by atoms with Gasteiger partial charge in [-0.2, -0.15) is 0 Å². The zero-order chi connectivity index (χ0) is 14.5. The SMILES string of the molecule is O=C(NCCCn1ccc2cccnc21)C1CC=CCC1. The lowest BCUT2D eigenvalue weighted by molar-refractivity contribution is -0.125. The first kappa shape index (κ1) is 13.9. The van der Waals surface area contributed by atoms with Crippen LogP contribution in [0.25, 0.3) is 11.0 Å². The minimum atomic E-state index is 0.170. The van der Waals surface area contributed by atoms with E-state index in [1.807, 2.05) is 12.3 Å². The number of hydrogen-bond acceptors (Lipinski definition) is 2. The molecule has 0 fully saturated rings. The van der Waals surface area contributed by atoms with E-state index in [2.05, 4.69) is 45.3 Å². The molecular formula is C17H21N3O. The fourth-order valence-corrected chi connectivity index (χ4v) is 2.84. The molecule has 0 radical (unpaired) electrons. The van der Waals surface area contributed by atoms with E-state index in [-0.39, 0.29) is 11.8 Å². The van der Waals surface area contributed by atoms with Gasteiger partial charge in [0.1, 0.15) is 5.65 Å². The van der Waals surface area contributed by atoms with Crippen LogP contribution in [0.1, 0.15) is 25.7 Å². The molecule has 2 aromatic heterocycles. The molecule has 0 spiro atoms. The summed E-state index contributed by atoms with van der Waals surface area (Å²) < 4.78 is 2.14. The predicted molar refractivity (Wildman–Crippen MR) is 83.8 cm³/mol. The van der Waals surface area contributed by atoms with Crippen molar-refractivity contribution in [2.24, 2.45) is 5.92 Å². The number of hydrogen-bond donors (Lipinski definition) is 1. The number of aromatic nitrogens is 2. The lowest BCUT2D eigenvalue weighted by atomic mass is 9.94. The first-order valence-electron chi connectivity index (χ1n) is 7.67. The Morgan fingerprint density at radius 2 is 2.33 bits per heavy atom. The summed E-state index contributed by atoms with van der Waals surface area (Å²) in [5.74, 6) is 0.374. The Morgan fingerprint density at radius 3 is 3.19 bits per heavy atom. The van der Waals surface area contributed by atoms with E-state index in [4.69, 9.17) is 0 Å². The standard InChI is InChI=1S/C17H21N3O/c21-17(15-6-2-1-3-7-15)19-11-5-12-20-13-9-14-8-4-10-18-16(14)20/h1-2,4,8-10,13,15H,3,5-7,11-12H2,(H,19,21). The van der Waals surface area contributed by atoms with E-state index < -0.39 is 0 Å². The molecule has 4 nitrogen and oxygen atoms in total. The number of nitrogens with zero attached hydrogens (tertiary/aromatic N) is 2. The van der Waals surface area contributed by atoms with E-state index >= 15 is 0 Å². The number of amides is 1. The summed E-state index contributed by atoms with van der Waals surface area (Å²) in [6, 6.07) is 6.10. The number of carbonyl (C=O) groups excluding carboxylic acids is 1. The summed E-state index contributed by atoms with van der Waals surface area (Å²) in [5, 5.41) is 4.22. The highest BCUT2D eigenvalue weighted by molar-refractivity contribution is 5.79. The third-order valence-electron chi connectivity index (χ3n) is 4.04. The molecule has 110 valence electrons. The first-order valence-corrected chi connectivity index (χ1v) is 7.67. The smallest absolute Gasteiger partial charge is 0.223 e.